The third-order valence-corrected chi connectivity index (χ3v) is 1.98. The zero-order valence-electron chi connectivity index (χ0n) is 7.18. The molecule has 0 saturated heterocycles. The van der Waals surface area contributed by atoms with Crippen LogP contribution >= 0.6 is 0 Å². The van der Waals surface area contributed by atoms with Crippen LogP contribution in [0.15, 0.2) is 23.3 Å². The average molecular weight is 150 g/mol. The first-order valence-corrected chi connectivity index (χ1v) is 4.18. The monoisotopic (exact) mass is 150 g/mol. The number of Topliss-reactive ketones (excluding diaryl/α,β-unsaturated/α-hetero) is 1. The molecule has 0 spiro atoms. The highest BCUT2D eigenvalue weighted by atomic mass is 16.1. The van der Waals surface area contributed by atoms with Gasteiger partial charge in [0.15, 0.2) is 5.78 Å². The number of ketones is 1. The minimum atomic E-state index is 0.249. The van der Waals surface area contributed by atoms with Crippen LogP contribution in [0.5, 0.6) is 0 Å². The summed E-state index contributed by atoms with van der Waals surface area (Å²) in [6, 6.07) is 0. The summed E-state index contributed by atoms with van der Waals surface area (Å²) in [4.78, 5) is 11.3. The Morgan fingerprint density at radius 1 is 1.36 bits per heavy atom. The van der Waals surface area contributed by atoms with Gasteiger partial charge < -0.3 is 0 Å². The third kappa shape index (κ3) is 1.79. The largest absolute Gasteiger partial charge is 0.289 e. The normalized spacial score (nSPS) is 16.7. The first-order valence-electron chi connectivity index (χ1n) is 4.18. The first kappa shape index (κ1) is 8.25. The number of rotatable bonds is 3. The fraction of sp³-hybridized carbons (Fsp3) is 0.500. The Balaban J connectivity index is 2.46. The highest BCUT2D eigenvalue weighted by molar-refractivity contribution is 6.10. The van der Waals surface area contributed by atoms with Crippen molar-refractivity contribution in [3.05, 3.63) is 23.3 Å². The molecule has 1 rings (SSSR count). The van der Waals surface area contributed by atoms with Crippen LogP contribution in [0.4, 0.5) is 0 Å². The lowest BCUT2D eigenvalue weighted by Crippen LogP contribution is -1.98. The fourth-order valence-electron chi connectivity index (χ4n) is 1.19. The van der Waals surface area contributed by atoms with Crippen molar-refractivity contribution >= 4 is 5.78 Å². The smallest absolute Gasteiger partial charge is 0.184 e. The quantitative estimate of drug-likeness (QED) is 0.604. The Hall–Kier alpha value is -0.850. The molecule has 1 aliphatic rings. The maximum Gasteiger partial charge on any atom is 0.184 e. The predicted octanol–water partition coefficient (Wildman–Crippen LogP) is 2.63. The van der Waals surface area contributed by atoms with Crippen molar-refractivity contribution in [1.29, 1.82) is 0 Å². The van der Waals surface area contributed by atoms with Gasteiger partial charge in [0.25, 0.3) is 0 Å². The average Bonchev–Trinajstić information content (AvgIpc) is 2.31. The van der Waals surface area contributed by atoms with E-state index in [2.05, 4.69) is 6.92 Å². The molecule has 0 aromatic heterocycles. The molecule has 0 unspecified atom stereocenters. The summed E-state index contributed by atoms with van der Waals surface area (Å²) < 4.78 is 0. The summed E-state index contributed by atoms with van der Waals surface area (Å²) >= 11 is 0. The SMILES string of the molecule is CCCCC1=CC=C(C)C1=O. The van der Waals surface area contributed by atoms with Gasteiger partial charge in [-0.15, -0.1) is 0 Å². The van der Waals surface area contributed by atoms with Crippen LogP contribution in [0, 0.1) is 0 Å². The van der Waals surface area contributed by atoms with Gasteiger partial charge in [-0.3, -0.25) is 4.79 Å². The topological polar surface area (TPSA) is 17.1 Å². The lowest BCUT2D eigenvalue weighted by Gasteiger charge is -1.98. The molecule has 0 heterocycles. The lowest BCUT2D eigenvalue weighted by molar-refractivity contribution is -0.112. The minimum absolute atomic E-state index is 0.249. The molecule has 0 saturated carbocycles. The van der Waals surface area contributed by atoms with Gasteiger partial charge in [-0.25, -0.2) is 0 Å². The Morgan fingerprint density at radius 2 is 2.09 bits per heavy atom. The van der Waals surface area contributed by atoms with Gasteiger partial charge in [-0.2, -0.15) is 0 Å². The molecule has 0 aliphatic heterocycles. The Bertz CT molecular complexity index is 221. The van der Waals surface area contributed by atoms with Crippen LogP contribution in [0.25, 0.3) is 0 Å². The Labute approximate surface area is 67.8 Å². The molecule has 1 aliphatic carbocycles. The standard InChI is InChI=1S/C10H14O/c1-3-4-5-9-7-6-8(2)10(9)11/h6-7H,3-5H2,1-2H3. The van der Waals surface area contributed by atoms with Crippen molar-refractivity contribution in [1.82, 2.24) is 0 Å². The molecule has 0 bridgehead atoms. The zero-order chi connectivity index (χ0) is 8.27. The number of unbranched alkanes of at least 4 members (excludes halogenated alkanes) is 1. The molecule has 0 N–H and O–H groups in total. The van der Waals surface area contributed by atoms with E-state index in [4.69, 9.17) is 0 Å². The molecule has 1 heteroatoms. The number of allylic oxidation sites excluding steroid dienone is 4. The van der Waals surface area contributed by atoms with Crippen molar-refractivity contribution in [3.8, 4) is 0 Å². The highest BCUT2D eigenvalue weighted by Crippen LogP contribution is 2.18. The van der Waals surface area contributed by atoms with E-state index in [-0.39, 0.29) is 5.78 Å². The van der Waals surface area contributed by atoms with Crippen molar-refractivity contribution in [2.75, 3.05) is 0 Å². The van der Waals surface area contributed by atoms with E-state index in [1.165, 1.54) is 0 Å². The molecule has 0 amide bonds. The summed E-state index contributed by atoms with van der Waals surface area (Å²) in [6.07, 6.45) is 7.09. The highest BCUT2D eigenvalue weighted by Gasteiger charge is 2.14. The van der Waals surface area contributed by atoms with Crippen molar-refractivity contribution in [2.24, 2.45) is 0 Å². The van der Waals surface area contributed by atoms with E-state index >= 15 is 0 Å². The van der Waals surface area contributed by atoms with Gasteiger partial charge in [0, 0.05) is 0 Å². The predicted molar refractivity (Wildman–Crippen MR) is 46.4 cm³/mol. The van der Waals surface area contributed by atoms with Crippen molar-refractivity contribution < 1.29 is 4.79 Å². The second kappa shape index (κ2) is 3.51. The molecular weight excluding hydrogens is 136 g/mol. The number of carbonyl (C=O) groups excluding carboxylic acids is 1. The molecule has 60 valence electrons. The number of hydrogen-bond donors (Lipinski definition) is 0. The number of hydrogen-bond acceptors (Lipinski definition) is 1. The molecule has 0 aromatic carbocycles. The lowest BCUT2D eigenvalue weighted by atomic mass is 10.1. The van der Waals surface area contributed by atoms with E-state index in [1.807, 2.05) is 19.1 Å². The van der Waals surface area contributed by atoms with Crippen LogP contribution in [-0.4, -0.2) is 5.78 Å². The van der Waals surface area contributed by atoms with E-state index in [0.717, 1.165) is 30.4 Å². The van der Waals surface area contributed by atoms with Crippen molar-refractivity contribution in [3.63, 3.8) is 0 Å². The zero-order valence-corrected chi connectivity index (χ0v) is 7.18. The van der Waals surface area contributed by atoms with Crippen LogP contribution in [0.3, 0.4) is 0 Å². The second-order valence-electron chi connectivity index (χ2n) is 2.97. The Morgan fingerprint density at radius 3 is 2.55 bits per heavy atom. The number of carbonyl (C=O) groups is 1. The molecule has 0 aromatic rings. The second-order valence-corrected chi connectivity index (χ2v) is 2.97. The Kier molecular flexibility index (Phi) is 2.64. The molecule has 0 atom stereocenters. The maximum absolute atomic E-state index is 11.3. The summed E-state index contributed by atoms with van der Waals surface area (Å²) in [5.41, 5.74) is 1.88. The maximum atomic E-state index is 11.3. The van der Waals surface area contributed by atoms with Crippen LogP contribution in [0.2, 0.25) is 0 Å². The third-order valence-electron chi connectivity index (χ3n) is 1.98. The molecular formula is C10H14O. The van der Waals surface area contributed by atoms with E-state index in [9.17, 15) is 4.79 Å². The van der Waals surface area contributed by atoms with Gasteiger partial charge >= 0.3 is 0 Å². The van der Waals surface area contributed by atoms with E-state index < -0.39 is 0 Å². The van der Waals surface area contributed by atoms with E-state index in [0.29, 0.717) is 0 Å². The summed E-state index contributed by atoms with van der Waals surface area (Å²) in [6.45, 7) is 4.01. The fourth-order valence-corrected chi connectivity index (χ4v) is 1.19. The van der Waals surface area contributed by atoms with Gasteiger partial charge in [-0.05, 0) is 30.9 Å². The molecule has 0 radical (unpaired) electrons. The summed E-state index contributed by atoms with van der Waals surface area (Å²) in [5, 5.41) is 0. The minimum Gasteiger partial charge on any atom is -0.289 e. The van der Waals surface area contributed by atoms with E-state index in [1.54, 1.807) is 0 Å². The van der Waals surface area contributed by atoms with Crippen LogP contribution < -0.4 is 0 Å². The van der Waals surface area contributed by atoms with Gasteiger partial charge in [0.05, 0.1) is 0 Å². The summed E-state index contributed by atoms with van der Waals surface area (Å²) in [7, 11) is 0. The van der Waals surface area contributed by atoms with Crippen LogP contribution in [0.1, 0.15) is 33.1 Å². The molecule has 11 heavy (non-hydrogen) atoms. The molecule has 1 nitrogen and oxygen atoms in total. The van der Waals surface area contributed by atoms with Crippen molar-refractivity contribution in [2.45, 2.75) is 33.1 Å². The van der Waals surface area contributed by atoms with Gasteiger partial charge in [-0.1, -0.05) is 25.5 Å². The van der Waals surface area contributed by atoms with Gasteiger partial charge in [0.1, 0.15) is 0 Å². The summed E-state index contributed by atoms with van der Waals surface area (Å²) in [5.74, 6) is 0.249. The first-order chi connectivity index (χ1) is 5.25. The van der Waals surface area contributed by atoms with Gasteiger partial charge in [0.2, 0.25) is 0 Å². The van der Waals surface area contributed by atoms with Crippen LogP contribution in [-0.2, 0) is 4.79 Å². The molecule has 0 fully saturated rings.